The van der Waals surface area contributed by atoms with E-state index in [0.29, 0.717) is 30.2 Å². The van der Waals surface area contributed by atoms with Gasteiger partial charge in [-0.3, -0.25) is 4.79 Å². The summed E-state index contributed by atoms with van der Waals surface area (Å²) in [5.41, 5.74) is 6.81. The zero-order chi connectivity index (χ0) is 14.3. The standard InChI is InChI=1S/C14H20BrNO3/c1-3-4-5-18-6-7-19-14-12(10(2)17)8-11(15)9-13(14)16/h8-9H,3-7,16H2,1-2H3. The van der Waals surface area contributed by atoms with Gasteiger partial charge in [0.05, 0.1) is 17.9 Å². The van der Waals surface area contributed by atoms with Crippen LogP contribution in [0.15, 0.2) is 16.6 Å². The molecule has 5 heteroatoms. The van der Waals surface area contributed by atoms with Gasteiger partial charge in [0.2, 0.25) is 0 Å². The second kappa shape index (κ2) is 8.17. The molecule has 0 aliphatic carbocycles. The molecule has 19 heavy (non-hydrogen) atoms. The summed E-state index contributed by atoms with van der Waals surface area (Å²) in [4.78, 5) is 11.6. The number of carbonyl (C=O) groups is 1. The molecule has 0 bridgehead atoms. The van der Waals surface area contributed by atoms with Crippen molar-refractivity contribution in [3.63, 3.8) is 0 Å². The van der Waals surface area contributed by atoms with Gasteiger partial charge in [0.25, 0.3) is 0 Å². The van der Waals surface area contributed by atoms with Gasteiger partial charge in [0.15, 0.2) is 11.5 Å². The average molecular weight is 330 g/mol. The number of rotatable bonds is 8. The molecule has 0 spiro atoms. The molecule has 0 aromatic heterocycles. The van der Waals surface area contributed by atoms with E-state index >= 15 is 0 Å². The van der Waals surface area contributed by atoms with Crippen LogP contribution in [0.5, 0.6) is 5.75 Å². The molecule has 0 fully saturated rings. The molecule has 0 unspecified atom stereocenters. The zero-order valence-corrected chi connectivity index (χ0v) is 13.0. The van der Waals surface area contributed by atoms with Crippen molar-refractivity contribution in [1.29, 1.82) is 0 Å². The van der Waals surface area contributed by atoms with Crippen LogP contribution in [0.2, 0.25) is 0 Å². The number of ether oxygens (including phenoxy) is 2. The lowest BCUT2D eigenvalue weighted by atomic mass is 10.1. The first-order valence-corrected chi connectivity index (χ1v) is 7.16. The molecule has 0 aliphatic rings. The number of hydrogen-bond donors (Lipinski definition) is 1. The maximum Gasteiger partial charge on any atom is 0.163 e. The Morgan fingerprint density at radius 3 is 2.68 bits per heavy atom. The highest BCUT2D eigenvalue weighted by molar-refractivity contribution is 9.10. The van der Waals surface area contributed by atoms with Crippen molar-refractivity contribution in [2.75, 3.05) is 25.6 Å². The molecule has 0 amide bonds. The fourth-order valence-electron chi connectivity index (χ4n) is 1.59. The smallest absolute Gasteiger partial charge is 0.163 e. The third-order valence-electron chi connectivity index (χ3n) is 2.58. The van der Waals surface area contributed by atoms with Crippen LogP contribution in [-0.4, -0.2) is 25.6 Å². The Hall–Kier alpha value is -1.07. The van der Waals surface area contributed by atoms with Crippen molar-refractivity contribution in [3.05, 3.63) is 22.2 Å². The number of nitrogen functional groups attached to an aromatic ring is 1. The summed E-state index contributed by atoms with van der Waals surface area (Å²) < 4.78 is 11.7. The normalized spacial score (nSPS) is 10.5. The topological polar surface area (TPSA) is 61.6 Å². The van der Waals surface area contributed by atoms with Crippen molar-refractivity contribution < 1.29 is 14.3 Å². The maximum absolute atomic E-state index is 11.6. The van der Waals surface area contributed by atoms with Crippen LogP contribution in [-0.2, 0) is 4.74 Å². The summed E-state index contributed by atoms with van der Waals surface area (Å²) in [6, 6.07) is 3.44. The highest BCUT2D eigenvalue weighted by Crippen LogP contribution is 2.31. The van der Waals surface area contributed by atoms with Gasteiger partial charge < -0.3 is 15.2 Å². The number of ketones is 1. The van der Waals surface area contributed by atoms with Crippen molar-refractivity contribution in [1.82, 2.24) is 0 Å². The Bertz CT molecular complexity index is 435. The van der Waals surface area contributed by atoms with Crippen molar-refractivity contribution in [2.45, 2.75) is 26.7 Å². The molecule has 4 nitrogen and oxygen atoms in total. The summed E-state index contributed by atoms with van der Waals surface area (Å²) in [6.45, 7) is 5.21. The molecule has 0 saturated heterocycles. The summed E-state index contributed by atoms with van der Waals surface area (Å²) >= 11 is 3.31. The summed E-state index contributed by atoms with van der Waals surface area (Å²) in [5.74, 6) is 0.365. The summed E-state index contributed by atoms with van der Waals surface area (Å²) in [6.07, 6.45) is 2.15. The monoisotopic (exact) mass is 329 g/mol. The lowest BCUT2D eigenvalue weighted by Gasteiger charge is -2.13. The van der Waals surface area contributed by atoms with Crippen LogP contribution in [0.3, 0.4) is 0 Å². The Morgan fingerprint density at radius 2 is 2.05 bits per heavy atom. The molecule has 1 rings (SSSR count). The lowest BCUT2D eigenvalue weighted by Crippen LogP contribution is -2.11. The van der Waals surface area contributed by atoms with Gasteiger partial charge in [0, 0.05) is 11.1 Å². The number of nitrogens with two attached hydrogens (primary N) is 1. The highest BCUT2D eigenvalue weighted by atomic mass is 79.9. The molecule has 106 valence electrons. The van der Waals surface area contributed by atoms with Gasteiger partial charge in [-0.2, -0.15) is 0 Å². The highest BCUT2D eigenvalue weighted by Gasteiger charge is 2.13. The quantitative estimate of drug-likeness (QED) is 0.451. The van der Waals surface area contributed by atoms with Crippen LogP contribution in [0.1, 0.15) is 37.0 Å². The first kappa shape index (κ1) is 16.0. The molecule has 0 radical (unpaired) electrons. The van der Waals surface area contributed by atoms with Gasteiger partial charge in [-0.05, 0) is 25.5 Å². The van der Waals surface area contributed by atoms with Gasteiger partial charge in [-0.25, -0.2) is 0 Å². The van der Waals surface area contributed by atoms with E-state index in [4.69, 9.17) is 15.2 Å². The first-order valence-electron chi connectivity index (χ1n) is 6.36. The molecule has 0 aliphatic heterocycles. The molecule has 0 saturated carbocycles. The first-order chi connectivity index (χ1) is 9.06. The lowest BCUT2D eigenvalue weighted by molar-refractivity contribution is 0.0950. The van der Waals surface area contributed by atoms with E-state index in [2.05, 4.69) is 22.9 Å². The second-order valence-corrected chi connectivity index (χ2v) is 5.16. The Balaban J connectivity index is 2.59. The second-order valence-electron chi connectivity index (χ2n) is 4.24. The van der Waals surface area contributed by atoms with Crippen molar-refractivity contribution in [3.8, 4) is 5.75 Å². The molecule has 1 aromatic carbocycles. The summed E-state index contributed by atoms with van der Waals surface area (Å²) in [7, 11) is 0. The number of halogens is 1. The van der Waals surface area contributed by atoms with E-state index < -0.39 is 0 Å². The Morgan fingerprint density at radius 1 is 1.32 bits per heavy atom. The van der Waals surface area contributed by atoms with E-state index in [0.717, 1.165) is 23.9 Å². The number of benzene rings is 1. The number of unbranched alkanes of at least 4 members (excludes halogenated alkanes) is 1. The van der Waals surface area contributed by atoms with Gasteiger partial charge in [-0.15, -0.1) is 0 Å². The van der Waals surface area contributed by atoms with E-state index in [9.17, 15) is 4.79 Å². The van der Waals surface area contributed by atoms with E-state index in [1.165, 1.54) is 6.92 Å². The predicted molar refractivity (Wildman–Crippen MR) is 79.8 cm³/mol. The molecule has 0 atom stereocenters. The van der Waals surface area contributed by atoms with Crippen molar-refractivity contribution >= 4 is 27.4 Å². The largest absolute Gasteiger partial charge is 0.488 e. The van der Waals surface area contributed by atoms with E-state index in [1.54, 1.807) is 12.1 Å². The Kier molecular flexibility index (Phi) is 6.87. The van der Waals surface area contributed by atoms with Gasteiger partial charge >= 0.3 is 0 Å². The van der Waals surface area contributed by atoms with Gasteiger partial charge in [0.1, 0.15) is 6.61 Å². The van der Waals surface area contributed by atoms with Crippen LogP contribution < -0.4 is 10.5 Å². The zero-order valence-electron chi connectivity index (χ0n) is 11.4. The number of anilines is 1. The fourth-order valence-corrected chi connectivity index (χ4v) is 2.06. The molecule has 0 heterocycles. The number of Topliss-reactive ketones (excluding diaryl/α,β-unsaturated/α-hetero) is 1. The van der Waals surface area contributed by atoms with Crippen LogP contribution in [0, 0.1) is 0 Å². The number of hydrogen-bond acceptors (Lipinski definition) is 4. The van der Waals surface area contributed by atoms with E-state index in [-0.39, 0.29) is 5.78 Å². The van der Waals surface area contributed by atoms with Crippen molar-refractivity contribution in [2.24, 2.45) is 0 Å². The van der Waals surface area contributed by atoms with Crippen LogP contribution >= 0.6 is 15.9 Å². The summed E-state index contributed by atoms with van der Waals surface area (Å²) in [5, 5.41) is 0. The molecule has 2 N–H and O–H groups in total. The fraction of sp³-hybridized carbons (Fsp3) is 0.500. The molecular formula is C14H20BrNO3. The minimum Gasteiger partial charge on any atom is -0.488 e. The SMILES string of the molecule is CCCCOCCOc1c(N)cc(Br)cc1C(C)=O. The third-order valence-corrected chi connectivity index (χ3v) is 3.04. The van der Waals surface area contributed by atoms with Crippen LogP contribution in [0.25, 0.3) is 0 Å². The number of carbonyl (C=O) groups excluding carboxylic acids is 1. The Labute approximate surface area is 122 Å². The van der Waals surface area contributed by atoms with Gasteiger partial charge in [-0.1, -0.05) is 29.3 Å². The minimum atomic E-state index is -0.0742. The predicted octanol–water partition coefficient (Wildman–Crippen LogP) is 3.43. The van der Waals surface area contributed by atoms with E-state index in [1.807, 2.05) is 0 Å². The molecular weight excluding hydrogens is 310 g/mol. The van der Waals surface area contributed by atoms with Crippen LogP contribution in [0.4, 0.5) is 5.69 Å². The molecule has 1 aromatic rings. The minimum absolute atomic E-state index is 0.0742. The average Bonchev–Trinajstić information content (AvgIpc) is 2.34. The maximum atomic E-state index is 11.6. The third kappa shape index (κ3) is 5.20.